The molecule has 2 heterocycles. The molecule has 0 bridgehead atoms. The third-order valence-electron chi connectivity index (χ3n) is 4.38. The molecule has 7 heteroatoms. The highest BCUT2D eigenvalue weighted by Gasteiger charge is 2.11. The number of nitrogens with zero attached hydrogens (tertiary/aromatic N) is 2. The first-order chi connectivity index (χ1) is 12.3. The first kappa shape index (κ1) is 17.7. The van der Waals surface area contributed by atoms with Gasteiger partial charge in [0.05, 0.1) is 19.8 Å². The van der Waals surface area contributed by atoms with E-state index in [9.17, 15) is 4.79 Å². The maximum absolute atomic E-state index is 11.8. The molecule has 2 N–H and O–H groups in total. The molecule has 2 aromatic rings. The van der Waals surface area contributed by atoms with Gasteiger partial charge in [0.2, 0.25) is 0 Å². The van der Waals surface area contributed by atoms with Crippen molar-refractivity contribution in [1.29, 1.82) is 0 Å². The summed E-state index contributed by atoms with van der Waals surface area (Å²) in [5.74, 6) is 0. The molecule has 1 aromatic heterocycles. The summed E-state index contributed by atoms with van der Waals surface area (Å²) in [6.07, 6.45) is 2.10. The molecule has 1 aromatic carbocycles. The van der Waals surface area contributed by atoms with Gasteiger partial charge in [-0.1, -0.05) is 0 Å². The lowest BCUT2D eigenvalue weighted by atomic mass is 10.2. The van der Waals surface area contributed by atoms with Gasteiger partial charge in [0.1, 0.15) is 0 Å². The first-order valence-electron chi connectivity index (χ1n) is 8.69. The van der Waals surface area contributed by atoms with Crippen molar-refractivity contribution >= 4 is 22.6 Å². The van der Waals surface area contributed by atoms with Gasteiger partial charge < -0.3 is 24.7 Å². The number of benzene rings is 1. The van der Waals surface area contributed by atoms with Crippen LogP contribution in [0.3, 0.4) is 0 Å². The Labute approximate surface area is 147 Å². The lowest BCUT2D eigenvalue weighted by Crippen LogP contribution is -2.38. The number of hydrogen-bond acceptors (Lipinski definition) is 4. The molecular formula is C18H26N4O3. The number of fused-ring (bicyclic) bond motifs is 1. The number of amides is 2. The van der Waals surface area contributed by atoms with Crippen LogP contribution in [-0.4, -0.2) is 68.6 Å². The van der Waals surface area contributed by atoms with Crippen LogP contribution in [0, 0.1) is 0 Å². The molecule has 7 nitrogen and oxygen atoms in total. The van der Waals surface area contributed by atoms with Crippen LogP contribution in [0.1, 0.15) is 0 Å². The third-order valence-corrected chi connectivity index (χ3v) is 4.38. The second-order valence-electron chi connectivity index (χ2n) is 6.11. The van der Waals surface area contributed by atoms with Gasteiger partial charge in [-0.2, -0.15) is 0 Å². The second kappa shape index (κ2) is 8.84. The van der Waals surface area contributed by atoms with E-state index in [2.05, 4.69) is 38.4 Å². The van der Waals surface area contributed by atoms with Crippen LogP contribution in [0.5, 0.6) is 0 Å². The Morgan fingerprint density at radius 3 is 2.88 bits per heavy atom. The molecule has 136 valence electrons. The standard InChI is InChI=1S/C18H26N4O3/c1-24-11-5-19-18(23)20-16-2-3-17-15(14-16)4-6-22(17)8-7-21-9-12-25-13-10-21/h2-4,6,14H,5,7-13H2,1H3,(H2,19,20,23). The molecule has 0 radical (unpaired) electrons. The average Bonchev–Trinajstić information content (AvgIpc) is 3.03. The van der Waals surface area contributed by atoms with Gasteiger partial charge in [0, 0.05) is 62.6 Å². The van der Waals surface area contributed by atoms with E-state index in [1.165, 1.54) is 5.52 Å². The highest BCUT2D eigenvalue weighted by atomic mass is 16.5. The van der Waals surface area contributed by atoms with E-state index in [4.69, 9.17) is 9.47 Å². The lowest BCUT2D eigenvalue weighted by molar-refractivity contribution is 0.0365. The monoisotopic (exact) mass is 346 g/mol. The highest BCUT2D eigenvalue weighted by Crippen LogP contribution is 2.20. The van der Waals surface area contributed by atoms with E-state index in [-0.39, 0.29) is 6.03 Å². The number of hydrogen-bond donors (Lipinski definition) is 2. The molecule has 3 rings (SSSR count). The Hall–Kier alpha value is -2.09. The number of carbonyl (C=O) groups excluding carboxylic acids is 1. The van der Waals surface area contributed by atoms with Crippen molar-refractivity contribution in [2.24, 2.45) is 0 Å². The summed E-state index contributed by atoms with van der Waals surface area (Å²) in [6.45, 7) is 6.63. The summed E-state index contributed by atoms with van der Waals surface area (Å²) >= 11 is 0. The zero-order valence-corrected chi connectivity index (χ0v) is 14.7. The minimum atomic E-state index is -0.219. The van der Waals surface area contributed by atoms with Crippen LogP contribution in [0.4, 0.5) is 10.5 Å². The van der Waals surface area contributed by atoms with Crippen molar-refractivity contribution < 1.29 is 14.3 Å². The molecule has 1 saturated heterocycles. The third kappa shape index (κ3) is 4.94. The summed E-state index contributed by atoms with van der Waals surface area (Å²) in [6, 6.07) is 7.85. The summed E-state index contributed by atoms with van der Waals surface area (Å²) in [4.78, 5) is 14.2. The van der Waals surface area contributed by atoms with Crippen molar-refractivity contribution in [3.05, 3.63) is 30.5 Å². The number of ether oxygens (including phenoxy) is 2. The van der Waals surface area contributed by atoms with Gasteiger partial charge in [-0.3, -0.25) is 4.90 Å². The molecule has 1 fully saturated rings. The zero-order chi connectivity index (χ0) is 17.5. The number of nitrogens with one attached hydrogen (secondary N) is 2. The van der Waals surface area contributed by atoms with E-state index >= 15 is 0 Å². The van der Waals surface area contributed by atoms with Crippen molar-refractivity contribution in [3.63, 3.8) is 0 Å². The summed E-state index contributed by atoms with van der Waals surface area (Å²) in [7, 11) is 1.61. The predicted molar refractivity (Wildman–Crippen MR) is 98.1 cm³/mol. The normalized spacial score (nSPS) is 15.4. The fraction of sp³-hybridized carbons (Fsp3) is 0.500. The SMILES string of the molecule is COCCNC(=O)Nc1ccc2c(ccn2CCN2CCOCC2)c1. The molecule has 0 unspecified atom stereocenters. The molecule has 0 saturated carbocycles. The van der Waals surface area contributed by atoms with E-state index in [1.54, 1.807) is 7.11 Å². The number of urea groups is 1. The van der Waals surface area contributed by atoms with Crippen LogP contribution in [0.15, 0.2) is 30.5 Å². The minimum absolute atomic E-state index is 0.219. The van der Waals surface area contributed by atoms with Crippen LogP contribution in [-0.2, 0) is 16.0 Å². The maximum Gasteiger partial charge on any atom is 0.319 e. The van der Waals surface area contributed by atoms with Crippen LogP contribution < -0.4 is 10.6 Å². The molecule has 0 spiro atoms. The fourth-order valence-corrected chi connectivity index (χ4v) is 2.99. The van der Waals surface area contributed by atoms with Gasteiger partial charge in [-0.15, -0.1) is 0 Å². The zero-order valence-electron chi connectivity index (χ0n) is 14.7. The number of aromatic nitrogens is 1. The topological polar surface area (TPSA) is 67.8 Å². The Balaban J connectivity index is 1.57. The van der Waals surface area contributed by atoms with Crippen LogP contribution in [0.25, 0.3) is 10.9 Å². The van der Waals surface area contributed by atoms with Crippen LogP contribution >= 0.6 is 0 Å². The van der Waals surface area contributed by atoms with Crippen molar-refractivity contribution in [1.82, 2.24) is 14.8 Å². The van der Waals surface area contributed by atoms with Crippen molar-refractivity contribution in [2.75, 3.05) is 58.4 Å². The fourth-order valence-electron chi connectivity index (χ4n) is 2.99. The number of morpholine rings is 1. The Kier molecular flexibility index (Phi) is 6.27. The Morgan fingerprint density at radius 1 is 1.24 bits per heavy atom. The molecular weight excluding hydrogens is 320 g/mol. The second-order valence-corrected chi connectivity index (χ2v) is 6.11. The lowest BCUT2D eigenvalue weighted by Gasteiger charge is -2.26. The number of anilines is 1. The van der Waals surface area contributed by atoms with Crippen molar-refractivity contribution in [2.45, 2.75) is 6.54 Å². The smallest absolute Gasteiger partial charge is 0.319 e. The van der Waals surface area contributed by atoms with Gasteiger partial charge in [-0.25, -0.2) is 4.79 Å². The highest BCUT2D eigenvalue weighted by molar-refractivity contribution is 5.92. The molecule has 0 atom stereocenters. The molecule has 0 aliphatic carbocycles. The van der Waals surface area contributed by atoms with Gasteiger partial charge >= 0.3 is 6.03 Å². The van der Waals surface area contributed by atoms with E-state index in [0.717, 1.165) is 50.5 Å². The van der Waals surface area contributed by atoms with E-state index in [0.29, 0.717) is 13.2 Å². The summed E-state index contributed by atoms with van der Waals surface area (Å²) in [5.41, 5.74) is 1.96. The maximum atomic E-state index is 11.8. The molecule has 1 aliphatic heterocycles. The Bertz CT molecular complexity index is 695. The number of rotatable bonds is 7. The van der Waals surface area contributed by atoms with Gasteiger partial charge in [0.25, 0.3) is 0 Å². The van der Waals surface area contributed by atoms with E-state index < -0.39 is 0 Å². The average molecular weight is 346 g/mol. The predicted octanol–water partition coefficient (Wildman–Crippen LogP) is 1.74. The quantitative estimate of drug-likeness (QED) is 0.750. The van der Waals surface area contributed by atoms with E-state index in [1.807, 2.05) is 12.1 Å². The number of carbonyl (C=O) groups is 1. The largest absolute Gasteiger partial charge is 0.383 e. The minimum Gasteiger partial charge on any atom is -0.383 e. The molecule has 1 aliphatic rings. The molecule has 25 heavy (non-hydrogen) atoms. The summed E-state index contributed by atoms with van der Waals surface area (Å²) in [5, 5.41) is 6.72. The van der Waals surface area contributed by atoms with Crippen molar-refractivity contribution in [3.8, 4) is 0 Å². The Morgan fingerprint density at radius 2 is 2.08 bits per heavy atom. The van der Waals surface area contributed by atoms with Crippen LogP contribution in [0.2, 0.25) is 0 Å². The van der Waals surface area contributed by atoms with Gasteiger partial charge in [0.15, 0.2) is 0 Å². The van der Waals surface area contributed by atoms with Gasteiger partial charge in [-0.05, 0) is 24.3 Å². The first-order valence-corrected chi connectivity index (χ1v) is 8.69. The molecule has 2 amide bonds. The number of methoxy groups -OCH3 is 1. The summed E-state index contributed by atoms with van der Waals surface area (Å²) < 4.78 is 12.6.